The van der Waals surface area contributed by atoms with Crippen LogP contribution in [0.2, 0.25) is 5.02 Å². The summed E-state index contributed by atoms with van der Waals surface area (Å²) in [5, 5.41) is 0.385. The first kappa shape index (κ1) is 13.1. The second kappa shape index (κ2) is 5.51. The number of halogens is 2. The van der Waals surface area contributed by atoms with Crippen molar-refractivity contribution in [1.82, 2.24) is 0 Å². The van der Waals surface area contributed by atoms with E-state index in [1.54, 1.807) is 6.07 Å². The summed E-state index contributed by atoms with van der Waals surface area (Å²) in [4.78, 5) is 0. The molecular weight excluding hydrogens is 249 g/mol. The third-order valence-corrected chi connectivity index (χ3v) is 3.39. The molecule has 0 aliphatic rings. The molecule has 1 nitrogen and oxygen atoms in total. The highest BCUT2D eigenvalue weighted by atomic mass is 35.5. The van der Waals surface area contributed by atoms with Gasteiger partial charge in [-0.05, 0) is 42.2 Å². The summed E-state index contributed by atoms with van der Waals surface area (Å²) >= 11 is 6.01. The van der Waals surface area contributed by atoms with E-state index < -0.39 is 0 Å². The zero-order valence-electron chi connectivity index (χ0n) is 10.2. The van der Waals surface area contributed by atoms with Gasteiger partial charge in [-0.2, -0.15) is 0 Å². The van der Waals surface area contributed by atoms with E-state index in [1.807, 2.05) is 31.2 Å². The minimum absolute atomic E-state index is 0.223. The van der Waals surface area contributed by atoms with Gasteiger partial charge in [-0.25, -0.2) is 4.39 Å². The van der Waals surface area contributed by atoms with Crippen molar-refractivity contribution in [1.29, 1.82) is 0 Å². The van der Waals surface area contributed by atoms with E-state index in [4.69, 9.17) is 17.3 Å². The van der Waals surface area contributed by atoms with E-state index in [-0.39, 0.29) is 11.9 Å². The van der Waals surface area contributed by atoms with Crippen molar-refractivity contribution in [3.8, 4) is 0 Å². The highest BCUT2D eigenvalue weighted by molar-refractivity contribution is 6.31. The minimum atomic E-state index is -0.341. The molecule has 2 aromatic carbocycles. The monoisotopic (exact) mass is 263 g/mol. The maximum absolute atomic E-state index is 13.0. The Hall–Kier alpha value is -1.38. The van der Waals surface area contributed by atoms with Gasteiger partial charge >= 0.3 is 0 Å². The Balaban J connectivity index is 2.22. The van der Waals surface area contributed by atoms with Gasteiger partial charge in [-0.3, -0.25) is 0 Å². The molecule has 2 aromatic rings. The fourth-order valence-corrected chi connectivity index (χ4v) is 2.30. The number of hydrogen-bond acceptors (Lipinski definition) is 1. The predicted molar refractivity (Wildman–Crippen MR) is 73.2 cm³/mol. The lowest BCUT2D eigenvalue weighted by Gasteiger charge is -2.15. The van der Waals surface area contributed by atoms with Crippen LogP contribution in [-0.4, -0.2) is 0 Å². The number of aryl methyl sites for hydroxylation is 1. The summed E-state index contributed by atoms with van der Waals surface area (Å²) < 4.78 is 13.0. The third-order valence-electron chi connectivity index (χ3n) is 3.06. The normalized spacial score (nSPS) is 12.4. The van der Waals surface area contributed by atoms with Crippen molar-refractivity contribution in [3.05, 3.63) is 70.0 Å². The van der Waals surface area contributed by atoms with E-state index in [9.17, 15) is 4.39 Å². The van der Waals surface area contributed by atoms with Crippen LogP contribution >= 0.6 is 11.6 Å². The summed E-state index contributed by atoms with van der Waals surface area (Å²) in [7, 11) is 0. The topological polar surface area (TPSA) is 26.0 Å². The maximum Gasteiger partial charge on any atom is 0.124 e. The van der Waals surface area contributed by atoms with Crippen LogP contribution in [0, 0.1) is 12.7 Å². The average Bonchev–Trinajstić information content (AvgIpc) is 2.32. The first-order chi connectivity index (χ1) is 8.58. The number of rotatable bonds is 3. The molecule has 1 unspecified atom stereocenters. The second-order valence-electron chi connectivity index (χ2n) is 4.40. The van der Waals surface area contributed by atoms with Crippen molar-refractivity contribution >= 4 is 11.6 Å². The molecule has 0 fully saturated rings. The van der Waals surface area contributed by atoms with E-state index in [0.717, 1.165) is 5.56 Å². The number of hydrogen-bond donors (Lipinski definition) is 1. The Morgan fingerprint density at radius 2 is 1.94 bits per heavy atom. The Labute approximate surface area is 111 Å². The van der Waals surface area contributed by atoms with Crippen LogP contribution in [0.15, 0.2) is 42.5 Å². The van der Waals surface area contributed by atoms with Crippen LogP contribution in [0.1, 0.15) is 22.7 Å². The molecule has 0 radical (unpaired) electrons. The van der Waals surface area contributed by atoms with Crippen molar-refractivity contribution < 1.29 is 4.39 Å². The maximum atomic E-state index is 13.0. The third kappa shape index (κ3) is 2.89. The van der Waals surface area contributed by atoms with E-state index in [1.165, 1.54) is 23.3 Å². The van der Waals surface area contributed by atoms with Crippen LogP contribution in [0.4, 0.5) is 4.39 Å². The standard InChI is InChI=1S/C15H15ClFN/c1-10-4-2-3-5-11(10)8-15(18)13-7-6-12(17)9-14(13)16/h2-7,9,15H,8,18H2,1H3. The number of benzene rings is 2. The molecule has 2 rings (SSSR count). The molecule has 0 aliphatic carbocycles. The first-order valence-corrected chi connectivity index (χ1v) is 6.21. The summed E-state index contributed by atoms with van der Waals surface area (Å²) in [6, 6.07) is 12.2. The molecule has 2 N–H and O–H groups in total. The molecule has 0 spiro atoms. The van der Waals surface area contributed by atoms with Gasteiger partial charge in [-0.1, -0.05) is 41.9 Å². The lowest BCUT2D eigenvalue weighted by atomic mass is 9.97. The minimum Gasteiger partial charge on any atom is -0.324 e. The second-order valence-corrected chi connectivity index (χ2v) is 4.81. The fraction of sp³-hybridized carbons (Fsp3) is 0.200. The van der Waals surface area contributed by atoms with Crippen molar-refractivity contribution in [3.63, 3.8) is 0 Å². The van der Waals surface area contributed by atoms with Crippen molar-refractivity contribution in [2.75, 3.05) is 0 Å². The molecule has 3 heteroatoms. The van der Waals surface area contributed by atoms with E-state index >= 15 is 0 Å². The fourth-order valence-electron chi connectivity index (χ4n) is 1.99. The molecule has 94 valence electrons. The summed E-state index contributed by atoms with van der Waals surface area (Å²) in [6.45, 7) is 2.05. The zero-order chi connectivity index (χ0) is 13.1. The van der Waals surface area contributed by atoms with Crippen molar-refractivity contribution in [2.45, 2.75) is 19.4 Å². The highest BCUT2D eigenvalue weighted by Gasteiger charge is 2.12. The SMILES string of the molecule is Cc1ccccc1CC(N)c1ccc(F)cc1Cl. The van der Waals surface area contributed by atoms with Crippen LogP contribution in [0.5, 0.6) is 0 Å². The lowest BCUT2D eigenvalue weighted by Crippen LogP contribution is -2.14. The van der Waals surface area contributed by atoms with Crippen LogP contribution < -0.4 is 5.73 Å². The molecule has 0 saturated heterocycles. The molecule has 18 heavy (non-hydrogen) atoms. The first-order valence-electron chi connectivity index (χ1n) is 5.83. The van der Waals surface area contributed by atoms with Gasteiger partial charge in [0, 0.05) is 11.1 Å². The molecule has 0 aliphatic heterocycles. The zero-order valence-corrected chi connectivity index (χ0v) is 10.9. The van der Waals surface area contributed by atoms with Gasteiger partial charge in [0.25, 0.3) is 0 Å². The van der Waals surface area contributed by atoms with Crippen LogP contribution in [0.25, 0.3) is 0 Å². The van der Waals surface area contributed by atoms with Crippen molar-refractivity contribution in [2.24, 2.45) is 5.73 Å². The van der Waals surface area contributed by atoms with Gasteiger partial charge in [0.1, 0.15) is 5.82 Å². The Bertz CT molecular complexity index is 554. The molecule has 0 amide bonds. The number of nitrogens with two attached hydrogens (primary N) is 1. The van der Waals surface area contributed by atoms with Crippen LogP contribution in [-0.2, 0) is 6.42 Å². The summed E-state index contributed by atoms with van der Waals surface area (Å²) in [5.74, 6) is -0.341. The van der Waals surface area contributed by atoms with Gasteiger partial charge in [0.15, 0.2) is 0 Å². The average molecular weight is 264 g/mol. The molecule has 0 heterocycles. The Morgan fingerprint density at radius 3 is 2.61 bits per heavy atom. The van der Waals surface area contributed by atoms with E-state index in [2.05, 4.69) is 0 Å². The van der Waals surface area contributed by atoms with E-state index in [0.29, 0.717) is 11.4 Å². The molecule has 0 bridgehead atoms. The predicted octanol–water partition coefficient (Wildman–Crippen LogP) is 4.03. The molecular formula is C15H15ClFN. The van der Waals surface area contributed by atoms with Gasteiger partial charge in [0.05, 0.1) is 0 Å². The molecule has 0 aromatic heterocycles. The van der Waals surface area contributed by atoms with Gasteiger partial charge < -0.3 is 5.73 Å². The Kier molecular flexibility index (Phi) is 4.00. The lowest BCUT2D eigenvalue weighted by molar-refractivity contribution is 0.624. The highest BCUT2D eigenvalue weighted by Crippen LogP contribution is 2.25. The van der Waals surface area contributed by atoms with Gasteiger partial charge in [0.2, 0.25) is 0 Å². The molecule has 0 saturated carbocycles. The largest absolute Gasteiger partial charge is 0.324 e. The smallest absolute Gasteiger partial charge is 0.124 e. The summed E-state index contributed by atoms with van der Waals surface area (Å²) in [6.07, 6.45) is 0.692. The van der Waals surface area contributed by atoms with Gasteiger partial charge in [-0.15, -0.1) is 0 Å². The quantitative estimate of drug-likeness (QED) is 0.889. The van der Waals surface area contributed by atoms with Crippen LogP contribution in [0.3, 0.4) is 0 Å². The Morgan fingerprint density at radius 1 is 1.22 bits per heavy atom. The summed E-state index contributed by atoms with van der Waals surface area (Å²) in [5.41, 5.74) is 9.30. The molecule has 1 atom stereocenters.